The summed E-state index contributed by atoms with van der Waals surface area (Å²) in [5.74, 6) is 1.38. The van der Waals surface area contributed by atoms with Crippen LogP contribution >= 0.6 is 0 Å². The average molecular weight is 302 g/mol. The molecule has 2 heterocycles. The van der Waals surface area contributed by atoms with Crippen LogP contribution in [0.3, 0.4) is 0 Å². The molecule has 1 aliphatic carbocycles. The predicted octanol–water partition coefficient (Wildman–Crippen LogP) is 3.57. The minimum atomic E-state index is -0.327. The molecule has 0 spiro atoms. The molecule has 0 N–H and O–H groups in total. The molecular weight excluding hydrogens is 283 g/mol. The number of aromatic nitrogens is 2. The summed E-state index contributed by atoms with van der Waals surface area (Å²) in [7, 11) is 0. The van der Waals surface area contributed by atoms with E-state index in [1.54, 1.807) is 12.1 Å². The van der Waals surface area contributed by atoms with Crippen molar-refractivity contribution in [2.45, 2.75) is 43.4 Å². The van der Waals surface area contributed by atoms with Gasteiger partial charge in [-0.1, -0.05) is 30.1 Å². The van der Waals surface area contributed by atoms with E-state index in [2.05, 4.69) is 10.1 Å². The van der Waals surface area contributed by atoms with E-state index in [1.807, 2.05) is 6.07 Å². The van der Waals surface area contributed by atoms with Gasteiger partial charge in [0.1, 0.15) is 5.82 Å². The van der Waals surface area contributed by atoms with Gasteiger partial charge < -0.3 is 9.26 Å². The molecule has 2 aliphatic rings. The third kappa shape index (κ3) is 2.24. The third-order valence-electron chi connectivity index (χ3n) is 4.98. The molecule has 1 aromatic carbocycles. The zero-order valence-electron chi connectivity index (χ0n) is 12.4. The number of ether oxygens (including phenoxy) is 1. The third-order valence-corrected chi connectivity index (χ3v) is 4.98. The average Bonchev–Trinajstić information content (AvgIpc) is 3.27. The molecule has 22 heavy (non-hydrogen) atoms. The van der Waals surface area contributed by atoms with E-state index < -0.39 is 0 Å². The quantitative estimate of drug-likeness (QED) is 0.869. The van der Waals surface area contributed by atoms with Crippen molar-refractivity contribution < 1.29 is 13.7 Å². The first kappa shape index (κ1) is 13.9. The first-order chi connectivity index (χ1) is 10.8. The maximum absolute atomic E-state index is 13.7. The van der Waals surface area contributed by atoms with E-state index in [9.17, 15) is 4.39 Å². The fraction of sp³-hybridized carbons (Fsp3) is 0.529. The van der Waals surface area contributed by atoms with Crippen molar-refractivity contribution in [1.82, 2.24) is 10.1 Å². The van der Waals surface area contributed by atoms with Crippen LogP contribution in [0.5, 0.6) is 0 Å². The van der Waals surface area contributed by atoms with Gasteiger partial charge in [-0.25, -0.2) is 4.39 Å². The maximum atomic E-state index is 13.7. The summed E-state index contributed by atoms with van der Waals surface area (Å²) in [5, 5.41) is 4.18. The first-order valence-corrected chi connectivity index (χ1v) is 7.96. The molecule has 1 aliphatic heterocycles. The summed E-state index contributed by atoms with van der Waals surface area (Å²) >= 11 is 0. The smallest absolute Gasteiger partial charge is 0.237 e. The van der Waals surface area contributed by atoms with Gasteiger partial charge in [-0.15, -0.1) is 0 Å². The molecule has 5 heteroatoms. The molecule has 2 aromatic rings. The van der Waals surface area contributed by atoms with Gasteiger partial charge in [0.2, 0.25) is 5.89 Å². The lowest BCUT2D eigenvalue weighted by molar-refractivity contribution is 0.192. The highest BCUT2D eigenvalue weighted by Crippen LogP contribution is 2.46. The number of nitrogens with zero attached hydrogens (tertiary/aromatic N) is 2. The Bertz CT molecular complexity index is 658. The maximum Gasteiger partial charge on any atom is 0.237 e. The van der Waals surface area contributed by atoms with Crippen LogP contribution in [0.2, 0.25) is 0 Å². The topological polar surface area (TPSA) is 48.2 Å². The standard InChI is InChI=1S/C17H19FN2O2/c18-14-5-3-4-13(10-14)17(7-1-2-8-17)16-19-15(20-22-16)12-6-9-21-11-12/h3-5,10,12H,1-2,6-9,11H2/t12-/m1/s1. The van der Waals surface area contributed by atoms with Crippen molar-refractivity contribution in [3.63, 3.8) is 0 Å². The van der Waals surface area contributed by atoms with Gasteiger partial charge in [0.25, 0.3) is 0 Å². The Morgan fingerprint density at radius 2 is 2.09 bits per heavy atom. The van der Waals surface area contributed by atoms with Crippen molar-refractivity contribution >= 4 is 0 Å². The summed E-state index contributed by atoms with van der Waals surface area (Å²) < 4.78 is 24.7. The summed E-state index contributed by atoms with van der Waals surface area (Å²) in [4.78, 5) is 4.67. The Labute approximate surface area is 128 Å². The molecule has 2 fully saturated rings. The van der Waals surface area contributed by atoms with E-state index in [4.69, 9.17) is 9.26 Å². The van der Waals surface area contributed by atoms with Crippen molar-refractivity contribution in [2.75, 3.05) is 13.2 Å². The first-order valence-electron chi connectivity index (χ1n) is 7.96. The molecule has 4 nitrogen and oxygen atoms in total. The van der Waals surface area contributed by atoms with E-state index in [0.29, 0.717) is 12.5 Å². The van der Waals surface area contributed by atoms with Gasteiger partial charge in [-0.2, -0.15) is 4.98 Å². The second kappa shape index (κ2) is 5.47. The largest absolute Gasteiger partial charge is 0.381 e. The van der Waals surface area contributed by atoms with Gasteiger partial charge in [0.05, 0.1) is 12.0 Å². The molecule has 0 radical (unpaired) electrons. The Hall–Kier alpha value is -1.75. The molecular formula is C17H19FN2O2. The van der Waals surface area contributed by atoms with Gasteiger partial charge in [0, 0.05) is 12.5 Å². The summed E-state index contributed by atoms with van der Waals surface area (Å²) in [5.41, 5.74) is 0.621. The van der Waals surface area contributed by atoms with Crippen LogP contribution in [0.15, 0.2) is 28.8 Å². The van der Waals surface area contributed by atoms with Crippen LogP contribution in [0.25, 0.3) is 0 Å². The molecule has 0 bridgehead atoms. The fourth-order valence-electron chi connectivity index (χ4n) is 3.72. The Balaban J connectivity index is 1.73. The van der Waals surface area contributed by atoms with Gasteiger partial charge >= 0.3 is 0 Å². The lowest BCUT2D eigenvalue weighted by Crippen LogP contribution is -2.24. The Kier molecular flexibility index (Phi) is 3.45. The van der Waals surface area contributed by atoms with Crippen LogP contribution in [-0.2, 0) is 10.2 Å². The molecule has 4 rings (SSSR count). The number of rotatable bonds is 3. The van der Waals surface area contributed by atoms with E-state index in [0.717, 1.165) is 50.1 Å². The van der Waals surface area contributed by atoms with E-state index in [-0.39, 0.29) is 17.2 Å². The number of benzene rings is 1. The minimum Gasteiger partial charge on any atom is -0.381 e. The predicted molar refractivity (Wildman–Crippen MR) is 78.1 cm³/mol. The van der Waals surface area contributed by atoms with Crippen LogP contribution in [-0.4, -0.2) is 23.4 Å². The minimum absolute atomic E-state index is 0.215. The summed E-state index contributed by atoms with van der Waals surface area (Å²) in [6.07, 6.45) is 4.99. The summed E-state index contributed by atoms with van der Waals surface area (Å²) in [6.45, 7) is 1.41. The van der Waals surface area contributed by atoms with Crippen molar-refractivity contribution in [3.8, 4) is 0 Å². The second-order valence-electron chi connectivity index (χ2n) is 6.32. The molecule has 116 valence electrons. The van der Waals surface area contributed by atoms with Gasteiger partial charge in [-0.05, 0) is 37.0 Å². The molecule has 1 atom stereocenters. The zero-order chi connectivity index (χ0) is 15.0. The Morgan fingerprint density at radius 3 is 2.82 bits per heavy atom. The van der Waals surface area contributed by atoms with E-state index >= 15 is 0 Å². The highest BCUT2D eigenvalue weighted by molar-refractivity contribution is 5.33. The van der Waals surface area contributed by atoms with Crippen molar-refractivity contribution in [1.29, 1.82) is 0 Å². The van der Waals surface area contributed by atoms with Crippen molar-refractivity contribution in [3.05, 3.63) is 47.4 Å². The van der Waals surface area contributed by atoms with Crippen LogP contribution in [0, 0.1) is 5.82 Å². The van der Waals surface area contributed by atoms with Crippen LogP contribution in [0.4, 0.5) is 4.39 Å². The number of hydrogen-bond acceptors (Lipinski definition) is 4. The SMILES string of the molecule is Fc1cccc(C2(c3nc([C@@H]4CCOC4)no3)CCCC2)c1. The van der Waals surface area contributed by atoms with E-state index in [1.165, 1.54) is 6.07 Å². The van der Waals surface area contributed by atoms with Crippen LogP contribution in [0.1, 0.15) is 55.3 Å². The number of halogens is 1. The highest BCUT2D eigenvalue weighted by atomic mass is 19.1. The van der Waals surface area contributed by atoms with Gasteiger partial charge in [0.15, 0.2) is 5.82 Å². The highest BCUT2D eigenvalue weighted by Gasteiger charge is 2.43. The second-order valence-corrected chi connectivity index (χ2v) is 6.32. The normalized spacial score (nSPS) is 24.0. The molecule has 0 amide bonds. The summed E-state index contributed by atoms with van der Waals surface area (Å²) in [6, 6.07) is 6.80. The Morgan fingerprint density at radius 1 is 1.23 bits per heavy atom. The number of hydrogen-bond donors (Lipinski definition) is 0. The van der Waals surface area contributed by atoms with Crippen molar-refractivity contribution in [2.24, 2.45) is 0 Å². The fourth-order valence-corrected chi connectivity index (χ4v) is 3.72. The molecule has 1 saturated carbocycles. The molecule has 1 aromatic heterocycles. The lowest BCUT2D eigenvalue weighted by atomic mass is 9.78. The lowest BCUT2D eigenvalue weighted by Gasteiger charge is -2.25. The molecule has 1 saturated heterocycles. The van der Waals surface area contributed by atoms with Crippen LogP contribution < -0.4 is 0 Å². The monoisotopic (exact) mass is 302 g/mol. The molecule has 0 unspecified atom stereocenters. The van der Waals surface area contributed by atoms with Gasteiger partial charge in [-0.3, -0.25) is 0 Å². The zero-order valence-corrected chi connectivity index (χ0v) is 12.4.